The van der Waals surface area contributed by atoms with Gasteiger partial charge in [-0.15, -0.1) is 5.10 Å². The maximum Gasteiger partial charge on any atom is 0.329 e. The molecule has 0 bridgehead atoms. The lowest BCUT2D eigenvalue weighted by Crippen LogP contribution is -2.57. The summed E-state index contributed by atoms with van der Waals surface area (Å²) in [5.74, 6) is 1.73. The number of aliphatic hydroxyl groups is 1. The van der Waals surface area contributed by atoms with Gasteiger partial charge in [0.05, 0.1) is 56.1 Å². The highest BCUT2D eigenvalue weighted by atomic mass is 16.6. The third-order valence-corrected chi connectivity index (χ3v) is 15.3. The Bertz CT molecular complexity index is 3470. The van der Waals surface area contributed by atoms with Gasteiger partial charge in [-0.1, -0.05) is 116 Å². The molecule has 3 N–H and O–H groups in total. The predicted molar refractivity (Wildman–Crippen MR) is 293 cm³/mol. The Morgan fingerprint density at radius 1 is 0.823 bits per heavy atom. The third-order valence-electron chi connectivity index (χ3n) is 15.3. The van der Waals surface area contributed by atoms with Crippen molar-refractivity contribution in [2.24, 2.45) is 11.8 Å². The molecule has 402 valence electrons. The minimum atomic E-state index is -2.15. The number of fused-ring (bicyclic) bond motifs is 4. The summed E-state index contributed by atoms with van der Waals surface area (Å²) in [6, 6.07) is 39.9. The summed E-state index contributed by atoms with van der Waals surface area (Å²) in [6.45, 7) is 5.90. The summed E-state index contributed by atoms with van der Waals surface area (Å²) >= 11 is 0. The second kappa shape index (κ2) is 22.2. The quantitative estimate of drug-likeness (QED) is 0.0794. The van der Waals surface area contributed by atoms with E-state index in [2.05, 4.69) is 37.7 Å². The summed E-state index contributed by atoms with van der Waals surface area (Å²) in [4.78, 5) is 82.6. The number of esters is 2. The average molecular weight is 1060 g/mol. The number of carbonyl (C=O) groups excluding carboxylic acids is 5. The van der Waals surface area contributed by atoms with Crippen LogP contribution in [0.5, 0.6) is 5.75 Å². The number of imide groups is 1. The van der Waals surface area contributed by atoms with E-state index < -0.39 is 77.3 Å². The Morgan fingerprint density at radius 3 is 2.22 bits per heavy atom. The molecule has 79 heavy (non-hydrogen) atoms. The molecule has 3 saturated heterocycles. The molecule has 7 atom stereocenters. The van der Waals surface area contributed by atoms with Gasteiger partial charge in [0, 0.05) is 30.0 Å². The van der Waals surface area contributed by atoms with Crippen LogP contribution in [0.4, 0.5) is 21.9 Å². The molecule has 0 unspecified atom stereocenters. The molecule has 18 heteroatoms. The number of morpholine rings is 2. The fraction of sp³-hybridized carbons (Fsp3) is 0.295. The summed E-state index contributed by atoms with van der Waals surface area (Å²) in [7, 11) is 1.22. The second-order valence-electron chi connectivity index (χ2n) is 20.1. The molecule has 3 fully saturated rings. The Labute approximate surface area is 456 Å². The van der Waals surface area contributed by atoms with Crippen LogP contribution in [0.2, 0.25) is 0 Å². The number of benzene rings is 6. The number of urea groups is 1. The second-order valence-corrected chi connectivity index (χ2v) is 20.1. The first-order valence-electron chi connectivity index (χ1n) is 26.3. The van der Waals surface area contributed by atoms with Gasteiger partial charge < -0.3 is 39.6 Å². The Balaban J connectivity index is 1.16. The van der Waals surface area contributed by atoms with E-state index in [0.717, 1.165) is 21.7 Å². The SMILES string of the molecule is COC(=O)[C@@H](NC(=O)N1C(=O)[C@@]2(c3cc(C#CCn4nnc5ccccc54)ccc31)[C@H](c1ccc(OCCO)cc1)N1[C@H](c3ccccc3)[C@H](c3ccccc3)OC(=O)[C@H]1[C@@H]2C(=O)Nc1ccc(N2CCOCC2)cc1)C(C)C. The molecule has 4 aliphatic rings. The predicted octanol–water partition coefficient (Wildman–Crippen LogP) is 6.90. The van der Waals surface area contributed by atoms with Gasteiger partial charge in [0.25, 0.3) is 0 Å². The molecule has 0 aliphatic carbocycles. The number of nitrogens with one attached hydrogen (secondary N) is 2. The number of hydrogen-bond acceptors (Lipinski definition) is 14. The minimum absolute atomic E-state index is 0.00703. The number of hydrogen-bond donors (Lipinski definition) is 3. The Morgan fingerprint density at radius 2 is 1.52 bits per heavy atom. The van der Waals surface area contributed by atoms with E-state index in [1.807, 2.05) is 102 Å². The fourth-order valence-corrected chi connectivity index (χ4v) is 11.8. The van der Waals surface area contributed by atoms with Crippen LogP contribution >= 0.6 is 0 Å². The van der Waals surface area contributed by atoms with Crippen molar-refractivity contribution < 1.29 is 48.0 Å². The van der Waals surface area contributed by atoms with Crippen molar-refractivity contribution in [3.8, 4) is 17.6 Å². The number of rotatable bonds is 13. The summed E-state index contributed by atoms with van der Waals surface area (Å²) < 4.78 is 24.9. The first-order chi connectivity index (χ1) is 38.5. The summed E-state index contributed by atoms with van der Waals surface area (Å²) in [5.41, 5.74) is 3.25. The lowest BCUT2D eigenvalue weighted by atomic mass is 9.65. The first kappa shape index (κ1) is 52.2. The topological polar surface area (TPSA) is 207 Å². The molecule has 4 aliphatic heterocycles. The Hall–Kier alpha value is -8.89. The maximum absolute atomic E-state index is 16.9. The number of methoxy groups -OCH3 is 1. The number of anilines is 3. The number of cyclic esters (lactones) is 1. The zero-order valence-corrected chi connectivity index (χ0v) is 43.7. The summed E-state index contributed by atoms with van der Waals surface area (Å²) in [5, 5.41) is 24.2. The van der Waals surface area contributed by atoms with Crippen molar-refractivity contribution in [3.05, 3.63) is 179 Å². The lowest BCUT2D eigenvalue weighted by Gasteiger charge is -2.46. The highest BCUT2D eigenvalue weighted by Gasteiger charge is 2.75. The van der Waals surface area contributed by atoms with Gasteiger partial charge in [-0.05, 0) is 94.9 Å². The molecular weight excluding hydrogens is 1000 g/mol. The van der Waals surface area contributed by atoms with Crippen molar-refractivity contribution in [2.45, 2.75) is 56.1 Å². The molecule has 5 heterocycles. The normalized spacial score (nSPS) is 21.9. The van der Waals surface area contributed by atoms with Gasteiger partial charge >= 0.3 is 18.0 Å². The van der Waals surface area contributed by atoms with Crippen LogP contribution in [-0.4, -0.2) is 113 Å². The van der Waals surface area contributed by atoms with Crippen molar-refractivity contribution in [3.63, 3.8) is 0 Å². The van der Waals surface area contributed by atoms with Gasteiger partial charge in [-0.3, -0.25) is 19.3 Å². The zero-order chi connectivity index (χ0) is 54.8. The van der Waals surface area contributed by atoms with Crippen LogP contribution in [0.15, 0.2) is 152 Å². The van der Waals surface area contributed by atoms with E-state index in [4.69, 9.17) is 18.9 Å². The molecule has 1 spiro atoms. The van der Waals surface area contributed by atoms with Gasteiger partial charge in [-0.2, -0.15) is 0 Å². The minimum Gasteiger partial charge on any atom is -0.491 e. The van der Waals surface area contributed by atoms with Gasteiger partial charge in [0.2, 0.25) is 11.8 Å². The first-order valence-corrected chi connectivity index (χ1v) is 26.3. The molecule has 4 amide bonds. The average Bonchev–Trinajstić information content (AvgIpc) is 1.96. The number of nitrogens with zero attached hydrogens (tertiary/aromatic N) is 6. The van der Waals surface area contributed by atoms with Crippen LogP contribution in [0.3, 0.4) is 0 Å². The van der Waals surface area contributed by atoms with Gasteiger partial charge in [0.15, 0.2) is 0 Å². The molecule has 6 aromatic carbocycles. The van der Waals surface area contributed by atoms with Crippen LogP contribution < -0.4 is 25.2 Å². The van der Waals surface area contributed by atoms with Gasteiger partial charge in [-0.25, -0.2) is 19.2 Å². The molecular formula is C61H58N8O10. The van der Waals surface area contributed by atoms with Crippen molar-refractivity contribution in [1.82, 2.24) is 25.2 Å². The number of carbonyl (C=O) groups is 5. The van der Waals surface area contributed by atoms with Crippen LogP contribution in [0, 0.1) is 23.7 Å². The van der Waals surface area contributed by atoms with E-state index in [-0.39, 0.29) is 31.0 Å². The molecule has 7 aromatic rings. The Kier molecular flexibility index (Phi) is 14.7. The monoisotopic (exact) mass is 1060 g/mol. The van der Waals surface area contributed by atoms with E-state index in [1.165, 1.54) is 7.11 Å². The molecule has 18 nitrogen and oxygen atoms in total. The van der Waals surface area contributed by atoms with Crippen LogP contribution in [0.1, 0.15) is 59.9 Å². The van der Waals surface area contributed by atoms with E-state index in [0.29, 0.717) is 59.9 Å². The smallest absolute Gasteiger partial charge is 0.329 e. The highest BCUT2D eigenvalue weighted by molar-refractivity contribution is 6.25. The van der Waals surface area contributed by atoms with Crippen molar-refractivity contribution in [1.29, 1.82) is 0 Å². The number of aromatic nitrogens is 3. The fourth-order valence-electron chi connectivity index (χ4n) is 11.8. The number of ether oxygens (including phenoxy) is 4. The number of aliphatic hydroxyl groups excluding tert-OH is 1. The summed E-state index contributed by atoms with van der Waals surface area (Å²) in [6.07, 6.45) is -0.971. The van der Waals surface area contributed by atoms with E-state index >= 15 is 19.2 Å². The lowest BCUT2D eigenvalue weighted by molar-refractivity contribution is -0.177. The molecule has 11 rings (SSSR count). The standard InChI is InChI=1S/C61H58N8O10/c1-38(2)51(57(72)76-3)63-60(75)68-48-29-20-39(13-12-30-67-49-19-11-10-18-47(49)64-65-67)37-46(48)61(59(68)74)50(56(71)62-43-23-25-44(26-24-43)66-31-34-77-35-32-66)53-58(73)79-54(41-16-8-5-9-17-41)52(40-14-6-4-7-15-40)69(53)55(61)42-21-27-45(28-22-42)78-36-33-70/h4-11,14-29,37-38,50-55,70H,30-36H2,1-3H3,(H,62,71)(H,63,75)/t50-,51+,52-,53-,54+,55+,61-/m1/s1. The number of para-hydroxylation sites is 1. The highest BCUT2D eigenvalue weighted by Crippen LogP contribution is 2.66. The molecule has 0 saturated carbocycles. The largest absolute Gasteiger partial charge is 0.491 e. The molecule has 0 radical (unpaired) electrons. The van der Waals surface area contributed by atoms with Crippen molar-refractivity contribution in [2.75, 3.05) is 61.7 Å². The van der Waals surface area contributed by atoms with E-state index in [1.54, 1.807) is 73.1 Å². The third kappa shape index (κ3) is 9.59. The molecule has 1 aromatic heterocycles. The number of amides is 4. The van der Waals surface area contributed by atoms with Crippen LogP contribution in [-0.2, 0) is 45.3 Å². The zero-order valence-electron chi connectivity index (χ0n) is 43.7. The van der Waals surface area contributed by atoms with Gasteiger partial charge in [0.1, 0.15) is 48.0 Å². The van der Waals surface area contributed by atoms with E-state index in [9.17, 15) is 9.90 Å². The van der Waals surface area contributed by atoms with Crippen LogP contribution in [0.25, 0.3) is 11.0 Å². The van der Waals surface area contributed by atoms with Crippen molar-refractivity contribution >= 4 is 57.9 Å². The maximum atomic E-state index is 16.9.